The van der Waals surface area contributed by atoms with Gasteiger partial charge in [-0.25, -0.2) is 0 Å². The number of rotatable bonds is 1. The molecule has 4 heteroatoms. The van der Waals surface area contributed by atoms with Gasteiger partial charge in [0.1, 0.15) is 6.26 Å². The standard InChI is InChI=1S/C5H9N3O/c1-3(6)4-2-9-5(7)8-4/h2-3H,6H2,1H3,(H2,7,8). The summed E-state index contributed by atoms with van der Waals surface area (Å²) in [5.74, 6) is 0. The van der Waals surface area contributed by atoms with E-state index >= 15 is 0 Å². The normalized spacial score (nSPS) is 13.6. The zero-order chi connectivity index (χ0) is 6.85. The number of nitrogens with zero attached hydrogens (tertiary/aromatic N) is 1. The van der Waals surface area contributed by atoms with Crippen molar-refractivity contribution in [3.63, 3.8) is 0 Å². The molecule has 9 heavy (non-hydrogen) atoms. The minimum atomic E-state index is -0.106. The maximum atomic E-state index is 5.45. The fourth-order valence-electron chi connectivity index (χ4n) is 0.510. The lowest BCUT2D eigenvalue weighted by molar-refractivity contribution is 0.576. The minimum absolute atomic E-state index is 0.106. The number of nitrogens with two attached hydrogens (primary N) is 2. The molecule has 0 saturated carbocycles. The Morgan fingerprint density at radius 2 is 2.44 bits per heavy atom. The number of oxazole rings is 1. The number of nitrogen functional groups attached to an aromatic ring is 1. The molecule has 0 amide bonds. The van der Waals surface area contributed by atoms with Crippen LogP contribution in [-0.4, -0.2) is 4.98 Å². The molecule has 0 spiro atoms. The fourth-order valence-corrected chi connectivity index (χ4v) is 0.510. The molecule has 0 aliphatic heterocycles. The average Bonchev–Trinajstić information content (AvgIpc) is 2.14. The van der Waals surface area contributed by atoms with Gasteiger partial charge in [0.25, 0.3) is 6.01 Å². The van der Waals surface area contributed by atoms with Gasteiger partial charge in [0.05, 0.1) is 5.69 Å². The van der Waals surface area contributed by atoms with Gasteiger partial charge in [0.2, 0.25) is 0 Å². The van der Waals surface area contributed by atoms with E-state index in [9.17, 15) is 0 Å². The van der Waals surface area contributed by atoms with Crippen molar-refractivity contribution in [1.29, 1.82) is 0 Å². The van der Waals surface area contributed by atoms with Crippen molar-refractivity contribution in [2.24, 2.45) is 5.73 Å². The van der Waals surface area contributed by atoms with E-state index in [2.05, 4.69) is 4.98 Å². The zero-order valence-corrected chi connectivity index (χ0v) is 5.16. The molecule has 1 aromatic heterocycles. The van der Waals surface area contributed by atoms with Gasteiger partial charge in [0.15, 0.2) is 0 Å². The highest BCUT2D eigenvalue weighted by Gasteiger charge is 2.03. The molecule has 0 bridgehead atoms. The molecule has 1 rings (SSSR count). The lowest BCUT2D eigenvalue weighted by Gasteiger charge is -1.93. The molecule has 4 N–H and O–H groups in total. The minimum Gasteiger partial charge on any atom is -0.432 e. The Balaban J connectivity index is 2.85. The van der Waals surface area contributed by atoms with Gasteiger partial charge in [-0.05, 0) is 6.92 Å². The Kier molecular flexibility index (Phi) is 1.40. The lowest BCUT2D eigenvalue weighted by atomic mass is 10.3. The summed E-state index contributed by atoms with van der Waals surface area (Å²) in [7, 11) is 0. The number of hydrogen-bond donors (Lipinski definition) is 2. The van der Waals surface area contributed by atoms with Crippen LogP contribution in [0.15, 0.2) is 10.7 Å². The molecule has 0 fully saturated rings. The maximum absolute atomic E-state index is 5.45. The summed E-state index contributed by atoms with van der Waals surface area (Å²) in [6.45, 7) is 1.82. The predicted octanol–water partition coefficient (Wildman–Crippen LogP) is 0.277. The molecule has 50 valence electrons. The summed E-state index contributed by atoms with van der Waals surface area (Å²) in [4.78, 5) is 3.80. The van der Waals surface area contributed by atoms with Crippen molar-refractivity contribution in [3.05, 3.63) is 12.0 Å². The van der Waals surface area contributed by atoms with Crippen molar-refractivity contribution in [2.45, 2.75) is 13.0 Å². The molecule has 1 unspecified atom stereocenters. The second kappa shape index (κ2) is 2.06. The summed E-state index contributed by atoms with van der Waals surface area (Å²) in [5.41, 5.74) is 11.3. The van der Waals surface area contributed by atoms with Crippen LogP contribution in [0.2, 0.25) is 0 Å². The van der Waals surface area contributed by atoms with Gasteiger partial charge >= 0.3 is 0 Å². The first-order chi connectivity index (χ1) is 4.20. The van der Waals surface area contributed by atoms with Crippen LogP contribution in [-0.2, 0) is 0 Å². The molecule has 0 aliphatic rings. The molecule has 1 heterocycles. The monoisotopic (exact) mass is 127 g/mol. The van der Waals surface area contributed by atoms with Crippen LogP contribution in [0.5, 0.6) is 0 Å². The summed E-state index contributed by atoms with van der Waals surface area (Å²) in [6.07, 6.45) is 1.46. The number of hydrogen-bond acceptors (Lipinski definition) is 4. The van der Waals surface area contributed by atoms with E-state index in [0.717, 1.165) is 0 Å². The zero-order valence-electron chi connectivity index (χ0n) is 5.16. The third-order valence-electron chi connectivity index (χ3n) is 1.01. The van der Waals surface area contributed by atoms with Gasteiger partial charge in [0, 0.05) is 6.04 Å². The fraction of sp³-hybridized carbons (Fsp3) is 0.400. The van der Waals surface area contributed by atoms with Crippen LogP contribution >= 0.6 is 0 Å². The van der Waals surface area contributed by atoms with Crippen molar-refractivity contribution >= 4 is 6.01 Å². The first-order valence-electron chi connectivity index (χ1n) is 2.66. The number of aromatic nitrogens is 1. The highest BCUT2D eigenvalue weighted by molar-refractivity contribution is 5.14. The summed E-state index contributed by atoms with van der Waals surface area (Å²) in [6, 6.07) is 0.0633. The second-order valence-electron chi connectivity index (χ2n) is 1.90. The SMILES string of the molecule is CC(N)c1coc(N)n1. The Hall–Kier alpha value is -1.03. The summed E-state index contributed by atoms with van der Waals surface area (Å²) < 4.78 is 4.71. The van der Waals surface area contributed by atoms with Gasteiger partial charge < -0.3 is 15.9 Å². The Morgan fingerprint density at radius 3 is 2.67 bits per heavy atom. The lowest BCUT2D eigenvalue weighted by Crippen LogP contribution is -2.05. The summed E-state index contributed by atoms with van der Waals surface area (Å²) in [5, 5.41) is 0. The molecule has 0 saturated heterocycles. The quantitative estimate of drug-likeness (QED) is 0.567. The molecule has 0 aliphatic carbocycles. The van der Waals surface area contributed by atoms with Crippen LogP contribution in [0.3, 0.4) is 0 Å². The van der Waals surface area contributed by atoms with Crippen LogP contribution < -0.4 is 11.5 Å². The highest BCUT2D eigenvalue weighted by Crippen LogP contribution is 2.08. The van der Waals surface area contributed by atoms with Gasteiger partial charge in [-0.15, -0.1) is 0 Å². The molecular formula is C5H9N3O. The van der Waals surface area contributed by atoms with E-state index in [1.807, 2.05) is 6.92 Å². The van der Waals surface area contributed by atoms with Gasteiger partial charge in [-0.3, -0.25) is 0 Å². The molecule has 0 radical (unpaired) electrons. The van der Waals surface area contributed by atoms with Crippen LogP contribution in [0.4, 0.5) is 6.01 Å². The molecule has 0 aromatic carbocycles. The van der Waals surface area contributed by atoms with Gasteiger partial charge in [-0.2, -0.15) is 4.98 Å². The topological polar surface area (TPSA) is 78.1 Å². The van der Waals surface area contributed by atoms with Gasteiger partial charge in [-0.1, -0.05) is 0 Å². The molecule has 1 aromatic rings. The number of anilines is 1. The van der Waals surface area contributed by atoms with Crippen LogP contribution in [0.1, 0.15) is 18.7 Å². The third kappa shape index (κ3) is 1.20. The van der Waals surface area contributed by atoms with E-state index in [-0.39, 0.29) is 12.1 Å². The largest absolute Gasteiger partial charge is 0.432 e. The predicted molar refractivity (Wildman–Crippen MR) is 33.5 cm³/mol. The average molecular weight is 127 g/mol. The van der Waals surface area contributed by atoms with Crippen molar-refractivity contribution in [1.82, 2.24) is 4.98 Å². The Labute approximate surface area is 52.9 Å². The first kappa shape index (κ1) is 6.10. The van der Waals surface area contributed by atoms with E-state index < -0.39 is 0 Å². The molecular weight excluding hydrogens is 118 g/mol. The van der Waals surface area contributed by atoms with Crippen molar-refractivity contribution < 1.29 is 4.42 Å². The van der Waals surface area contributed by atoms with Crippen LogP contribution in [0.25, 0.3) is 0 Å². The third-order valence-corrected chi connectivity index (χ3v) is 1.01. The second-order valence-corrected chi connectivity index (χ2v) is 1.90. The van der Waals surface area contributed by atoms with E-state index in [1.165, 1.54) is 6.26 Å². The van der Waals surface area contributed by atoms with E-state index in [0.29, 0.717) is 5.69 Å². The first-order valence-corrected chi connectivity index (χ1v) is 2.66. The van der Waals surface area contributed by atoms with E-state index in [4.69, 9.17) is 15.9 Å². The molecule has 1 atom stereocenters. The molecule has 4 nitrogen and oxygen atoms in total. The van der Waals surface area contributed by atoms with E-state index in [1.54, 1.807) is 0 Å². The van der Waals surface area contributed by atoms with Crippen LogP contribution in [0, 0.1) is 0 Å². The van der Waals surface area contributed by atoms with Crippen molar-refractivity contribution in [2.75, 3.05) is 5.73 Å². The summed E-state index contributed by atoms with van der Waals surface area (Å²) >= 11 is 0. The Bertz CT molecular complexity index is 194. The highest BCUT2D eigenvalue weighted by atomic mass is 16.4. The Morgan fingerprint density at radius 1 is 1.78 bits per heavy atom. The van der Waals surface area contributed by atoms with Crippen molar-refractivity contribution in [3.8, 4) is 0 Å². The smallest absolute Gasteiger partial charge is 0.292 e. The maximum Gasteiger partial charge on any atom is 0.292 e.